The Balaban J connectivity index is 1.90. The lowest BCUT2D eigenvalue weighted by atomic mass is 10.0. The van der Waals surface area contributed by atoms with Crippen LogP contribution in [0.25, 0.3) is 0 Å². The van der Waals surface area contributed by atoms with E-state index in [-0.39, 0.29) is 0 Å². The Hall–Kier alpha value is -0.390. The molecule has 5 heteroatoms. The first-order chi connectivity index (χ1) is 8.63. The van der Waals surface area contributed by atoms with Gasteiger partial charge in [0, 0.05) is 26.2 Å². The first-order valence-electron chi connectivity index (χ1n) is 6.67. The molecule has 4 nitrogen and oxygen atoms in total. The number of hydrogen-bond donors (Lipinski definition) is 1. The molecule has 1 aliphatic rings. The molecule has 102 valence electrons. The smallest absolute Gasteiger partial charge is 0.0739 e. The first-order valence-corrected chi connectivity index (χ1v) is 7.46. The summed E-state index contributed by atoms with van der Waals surface area (Å²) in [5, 5.41) is 8.03. The SMILES string of the molecule is CCn1nc(C)c(Br)c1CNCC1CCOC1C. The van der Waals surface area contributed by atoms with Crippen molar-refractivity contribution in [3.8, 4) is 0 Å². The predicted molar refractivity (Wildman–Crippen MR) is 75.6 cm³/mol. The zero-order chi connectivity index (χ0) is 13.1. The Kier molecular flexibility index (Phi) is 4.81. The van der Waals surface area contributed by atoms with E-state index in [1.54, 1.807) is 0 Å². The van der Waals surface area contributed by atoms with Crippen molar-refractivity contribution in [2.24, 2.45) is 5.92 Å². The first kappa shape index (κ1) is 14.0. The molecule has 2 unspecified atom stereocenters. The molecule has 0 aliphatic carbocycles. The monoisotopic (exact) mass is 315 g/mol. The quantitative estimate of drug-likeness (QED) is 0.907. The maximum Gasteiger partial charge on any atom is 0.0739 e. The maximum atomic E-state index is 5.57. The summed E-state index contributed by atoms with van der Waals surface area (Å²) in [6, 6.07) is 0. The molecule has 1 N–H and O–H groups in total. The molecule has 1 aromatic rings. The maximum absolute atomic E-state index is 5.57. The molecular formula is C13H22BrN3O. The molecule has 0 amide bonds. The van der Waals surface area contributed by atoms with Crippen LogP contribution in [0, 0.1) is 12.8 Å². The van der Waals surface area contributed by atoms with Crippen LogP contribution in [0.2, 0.25) is 0 Å². The highest BCUT2D eigenvalue weighted by Crippen LogP contribution is 2.22. The van der Waals surface area contributed by atoms with Gasteiger partial charge in [-0.2, -0.15) is 5.10 Å². The van der Waals surface area contributed by atoms with Crippen LogP contribution in [-0.2, 0) is 17.8 Å². The van der Waals surface area contributed by atoms with Crippen molar-refractivity contribution in [2.45, 2.75) is 46.4 Å². The third-order valence-corrected chi connectivity index (χ3v) is 4.72. The van der Waals surface area contributed by atoms with Gasteiger partial charge in [0.25, 0.3) is 0 Å². The van der Waals surface area contributed by atoms with Gasteiger partial charge < -0.3 is 10.1 Å². The second-order valence-corrected chi connectivity index (χ2v) is 5.71. The fourth-order valence-electron chi connectivity index (χ4n) is 2.46. The molecule has 18 heavy (non-hydrogen) atoms. The molecule has 0 saturated carbocycles. The Bertz CT molecular complexity index is 405. The van der Waals surface area contributed by atoms with Gasteiger partial charge in [-0.15, -0.1) is 0 Å². The summed E-state index contributed by atoms with van der Waals surface area (Å²) >= 11 is 3.62. The lowest BCUT2D eigenvalue weighted by Crippen LogP contribution is -2.27. The molecule has 1 fully saturated rings. The zero-order valence-corrected chi connectivity index (χ0v) is 13.0. The lowest BCUT2D eigenvalue weighted by molar-refractivity contribution is 0.105. The number of aromatic nitrogens is 2. The van der Waals surface area contributed by atoms with Gasteiger partial charge in [-0.3, -0.25) is 4.68 Å². The van der Waals surface area contributed by atoms with E-state index in [9.17, 15) is 0 Å². The Labute approximate surface area is 117 Å². The van der Waals surface area contributed by atoms with Crippen LogP contribution in [0.4, 0.5) is 0 Å². The third kappa shape index (κ3) is 2.95. The molecule has 0 radical (unpaired) electrons. The van der Waals surface area contributed by atoms with Gasteiger partial charge >= 0.3 is 0 Å². The predicted octanol–water partition coefficient (Wildman–Crippen LogP) is 2.49. The van der Waals surface area contributed by atoms with E-state index in [2.05, 4.69) is 44.9 Å². The van der Waals surface area contributed by atoms with Gasteiger partial charge in [-0.05, 0) is 49.0 Å². The van der Waals surface area contributed by atoms with Crippen LogP contribution in [0.15, 0.2) is 4.47 Å². The normalized spacial score (nSPS) is 23.8. The molecule has 0 bridgehead atoms. The van der Waals surface area contributed by atoms with Crippen molar-refractivity contribution < 1.29 is 4.74 Å². The van der Waals surface area contributed by atoms with Gasteiger partial charge in [0.2, 0.25) is 0 Å². The zero-order valence-electron chi connectivity index (χ0n) is 11.4. The molecule has 2 rings (SSSR count). The number of halogens is 1. The van der Waals surface area contributed by atoms with Crippen LogP contribution in [-0.4, -0.2) is 29.0 Å². The summed E-state index contributed by atoms with van der Waals surface area (Å²) in [7, 11) is 0. The summed E-state index contributed by atoms with van der Waals surface area (Å²) in [5.74, 6) is 0.642. The van der Waals surface area contributed by atoms with Crippen LogP contribution < -0.4 is 5.32 Å². The number of nitrogens with one attached hydrogen (secondary N) is 1. The molecule has 1 saturated heterocycles. The number of rotatable bonds is 5. The van der Waals surface area contributed by atoms with Crippen LogP contribution in [0.3, 0.4) is 0 Å². The van der Waals surface area contributed by atoms with Gasteiger partial charge in [0.05, 0.1) is 22.0 Å². The number of nitrogens with zero attached hydrogens (tertiary/aromatic N) is 2. The van der Waals surface area contributed by atoms with Crippen molar-refractivity contribution in [2.75, 3.05) is 13.2 Å². The standard InChI is InChI=1S/C13H22BrN3O/c1-4-17-12(13(14)9(2)16-17)8-15-7-11-5-6-18-10(11)3/h10-11,15H,4-8H2,1-3H3. The van der Waals surface area contributed by atoms with Crippen LogP contribution in [0.1, 0.15) is 31.7 Å². The Morgan fingerprint density at radius 2 is 2.33 bits per heavy atom. The Morgan fingerprint density at radius 3 is 2.94 bits per heavy atom. The minimum Gasteiger partial charge on any atom is -0.378 e. The molecule has 0 spiro atoms. The van der Waals surface area contributed by atoms with Crippen molar-refractivity contribution in [1.82, 2.24) is 15.1 Å². The summed E-state index contributed by atoms with van der Waals surface area (Å²) in [6.07, 6.45) is 1.56. The molecule has 0 aromatic carbocycles. The highest BCUT2D eigenvalue weighted by Gasteiger charge is 2.23. The summed E-state index contributed by atoms with van der Waals surface area (Å²) in [4.78, 5) is 0. The van der Waals surface area contributed by atoms with E-state index in [0.29, 0.717) is 12.0 Å². The molecule has 2 heterocycles. The van der Waals surface area contributed by atoms with Crippen LogP contribution >= 0.6 is 15.9 Å². The fourth-order valence-corrected chi connectivity index (χ4v) is 2.88. The second-order valence-electron chi connectivity index (χ2n) is 4.92. The van der Waals surface area contributed by atoms with Crippen molar-refractivity contribution in [1.29, 1.82) is 0 Å². The van der Waals surface area contributed by atoms with E-state index in [4.69, 9.17) is 4.74 Å². The highest BCUT2D eigenvalue weighted by molar-refractivity contribution is 9.10. The van der Waals surface area contributed by atoms with E-state index in [1.807, 2.05) is 6.92 Å². The minimum absolute atomic E-state index is 0.388. The van der Waals surface area contributed by atoms with E-state index >= 15 is 0 Å². The van der Waals surface area contributed by atoms with Crippen molar-refractivity contribution in [3.63, 3.8) is 0 Å². The van der Waals surface area contributed by atoms with Gasteiger partial charge in [0.15, 0.2) is 0 Å². The number of hydrogen-bond acceptors (Lipinski definition) is 3. The Morgan fingerprint density at radius 1 is 1.56 bits per heavy atom. The second kappa shape index (κ2) is 6.17. The summed E-state index contributed by atoms with van der Waals surface area (Å²) in [6.45, 7) is 10.0. The molecule has 2 atom stereocenters. The summed E-state index contributed by atoms with van der Waals surface area (Å²) < 4.78 is 8.76. The number of ether oxygens (including phenoxy) is 1. The van der Waals surface area contributed by atoms with E-state index < -0.39 is 0 Å². The summed E-state index contributed by atoms with van der Waals surface area (Å²) in [5.41, 5.74) is 2.30. The highest BCUT2D eigenvalue weighted by atomic mass is 79.9. The molecular weight excluding hydrogens is 294 g/mol. The van der Waals surface area contributed by atoms with Crippen molar-refractivity contribution in [3.05, 3.63) is 15.9 Å². The average Bonchev–Trinajstić information content (AvgIpc) is 2.87. The largest absolute Gasteiger partial charge is 0.378 e. The van der Waals surface area contributed by atoms with Gasteiger partial charge in [0.1, 0.15) is 0 Å². The minimum atomic E-state index is 0.388. The average molecular weight is 316 g/mol. The fraction of sp³-hybridized carbons (Fsp3) is 0.769. The molecule has 1 aliphatic heterocycles. The van der Waals surface area contributed by atoms with Crippen LogP contribution in [0.5, 0.6) is 0 Å². The van der Waals surface area contributed by atoms with Crippen molar-refractivity contribution >= 4 is 15.9 Å². The number of aryl methyl sites for hydroxylation is 2. The lowest BCUT2D eigenvalue weighted by Gasteiger charge is -2.15. The van der Waals surface area contributed by atoms with Gasteiger partial charge in [-0.25, -0.2) is 0 Å². The third-order valence-electron chi connectivity index (χ3n) is 3.69. The van der Waals surface area contributed by atoms with E-state index in [1.165, 1.54) is 12.1 Å². The topological polar surface area (TPSA) is 39.1 Å². The van der Waals surface area contributed by atoms with Gasteiger partial charge in [-0.1, -0.05) is 0 Å². The molecule has 1 aromatic heterocycles. The van der Waals surface area contributed by atoms with E-state index in [0.717, 1.165) is 36.4 Å².